The molecule has 0 aliphatic carbocycles. The molecule has 1 unspecified atom stereocenters. The Labute approximate surface area is 191 Å². The summed E-state index contributed by atoms with van der Waals surface area (Å²) in [7, 11) is 1.71. The number of carboxylic acid groups (broad SMARTS) is 1. The fourth-order valence-corrected chi connectivity index (χ4v) is 3.39. The van der Waals surface area contributed by atoms with Gasteiger partial charge in [-0.25, -0.2) is 4.39 Å². The first-order valence-corrected chi connectivity index (χ1v) is 10.4. The average molecular weight is 456 g/mol. The lowest BCUT2D eigenvalue weighted by Crippen LogP contribution is -2.28. The lowest BCUT2D eigenvalue weighted by Gasteiger charge is -2.23. The van der Waals surface area contributed by atoms with Crippen molar-refractivity contribution in [2.75, 3.05) is 20.1 Å². The highest BCUT2D eigenvalue weighted by molar-refractivity contribution is 6.30. The lowest BCUT2D eigenvalue weighted by atomic mass is 10.0. The molecule has 7 heteroatoms. The molecule has 0 heterocycles. The average Bonchev–Trinajstić information content (AvgIpc) is 2.77. The van der Waals surface area contributed by atoms with Crippen molar-refractivity contribution in [3.05, 3.63) is 100 Å². The van der Waals surface area contributed by atoms with Gasteiger partial charge in [0.15, 0.2) is 5.78 Å². The van der Waals surface area contributed by atoms with Crippen LogP contribution in [0.5, 0.6) is 5.75 Å². The fourth-order valence-electron chi connectivity index (χ4n) is 3.26. The van der Waals surface area contributed by atoms with Gasteiger partial charge in [-0.15, -0.1) is 0 Å². The van der Waals surface area contributed by atoms with E-state index in [0.717, 1.165) is 5.56 Å². The van der Waals surface area contributed by atoms with Crippen LogP contribution in [0.2, 0.25) is 5.02 Å². The number of carboxylic acids is 1. The minimum absolute atomic E-state index is 0.0960. The third-order valence-corrected chi connectivity index (χ3v) is 5.15. The number of halogens is 2. The number of ether oxygens (including phenoxy) is 1. The number of carbonyl (C=O) groups is 2. The molecule has 3 aromatic carbocycles. The molecule has 166 valence electrons. The predicted molar refractivity (Wildman–Crippen MR) is 121 cm³/mol. The van der Waals surface area contributed by atoms with Crippen molar-refractivity contribution in [2.24, 2.45) is 0 Å². The Balaban J connectivity index is 1.79. The molecule has 5 nitrogen and oxygen atoms in total. The van der Waals surface area contributed by atoms with Crippen LogP contribution in [-0.2, 0) is 4.79 Å². The largest absolute Gasteiger partial charge is 0.486 e. The van der Waals surface area contributed by atoms with E-state index in [0.29, 0.717) is 34.9 Å². The van der Waals surface area contributed by atoms with Crippen molar-refractivity contribution in [1.29, 1.82) is 0 Å². The highest BCUT2D eigenvalue weighted by Crippen LogP contribution is 2.27. The Kier molecular flexibility index (Phi) is 7.98. The minimum Gasteiger partial charge on any atom is -0.486 e. The lowest BCUT2D eigenvalue weighted by molar-refractivity contribution is -0.138. The molecule has 32 heavy (non-hydrogen) atoms. The van der Waals surface area contributed by atoms with Crippen LogP contribution >= 0.6 is 11.6 Å². The maximum Gasteiger partial charge on any atom is 0.317 e. The smallest absolute Gasteiger partial charge is 0.317 e. The van der Waals surface area contributed by atoms with Gasteiger partial charge in [0.25, 0.3) is 0 Å². The molecule has 0 amide bonds. The molecule has 3 rings (SSSR count). The predicted octanol–water partition coefficient (Wildman–Crippen LogP) is 5.24. The molecular weight excluding hydrogens is 433 g/mol. The molecule has 0 bridgehead atoms. The minimum atomic E-state index is -0.917. The number of hydrogen-bond donors (Lipinski definition) is 1. The standard InChI is InChI=1S/C25H23ClFNO4/c1-28(16-24(29)30)14-13-23(17-7-11-21(27)12-8-17)32-22-4-2-3-19(15-22)25(31)18-5-9-20(26)10-6-18/h2-12,15,23H,13-14,16H2,1H3,(H,29,30). The van der Waals surface area contributed by atoms with Crippen LogP contribution in [0.1, 0.15) is 34.0 Å². The molecule has 0 radical (unpaired) electrons. The summed E-state index contributed by atoms with van der Waals surface area (Å²) in [6.07, 6.45) is 0.0258. The quantitative estimate of drug-likeness (QED) is 0.424. The van der Waals surface area contributed by atoms with Gasteiger partial charge in [-0.05, 0) is 61.1 Å². The van der Waals surface area contributed by atoms with Crippen LogP contribution in [0.15, 0.2) is 72.8 Å². The Morgan fingerprint density at radius 2 is 1.72 bits per heavy atom. The topological polar surface area (TPSA) is 66.8 Å². The van der Waals surface area contributed by atoms with Crippen LogP contribution in [0, 0.1) is 5.82 Å². The maximum absolute atomic E-state index is 13.4. The highest BCUT2D eigenvalue weighted by Gasteiger charge is 2.17. The van der Waals surface area contributed by atoms with Crippen LogP contribution in [0.4, 0.5) is 4.39 Å². The van der Waals surface area contributed by atoms with Gasteiger partial charge in [0.05, 0.1) is 6.54 Å². The van der Waals surface area contributed by atoms with Gasteiger partial charge < -0.3 is 9.84 Å². The van der Waals surface area contributed by atoms with Crippen LogP contribution in [-0.4, -0.2) is 41.9 Å². The summed E-state index contributed by atoms with van der Waals surface area (Å²) in [5.41, 5.74) is 1.73. The molecule has 0 aliphatic rings. The molecule has 0 saturated carbocycles. The first kappa shape index (κ1) is 23.4. The second kappa shape index (κ2) is 10.9. The van der Waals surface area contributed by atoms with Gasteiger partial charge in [0, 0.05) is 29.1 Å². The van der Waals surface area contributed by atoms with Gasteiger partial charge in [-0.3, -0.25) is 14.5 Å². The number of likely N-dealkylation sites (N-methyl/N-ethyl adjacent to an activating group) is 1. The number of benzene rings is 3. The van der Waals surface area contributed by atoms with E-state index < -0.39 is 12.1 Å². The van der Waals surface area contributed by atoms with E-state index in [1.165, 1.54) is 12.1 Å². The molecule has 0 aromatic heterocycles. The first-order valence-electron chi connectivity index (χ1n) is 10.0. The molecular formula is C25H23ClFNO4. The van der Waals surface area contributed by atoms with Gasteiger partial charge in [-0.1, -0.05) is 35.9 Å². The number of nitrogens with zero attached hydrogens (tertiary/aromatic N) is 1. The molecule has 0 saturated heterocycles. The molecule has 1 N–H and O–H groups in total. The van der Waals surface area contributed by atoms with E-state index in [1.807, 2.05) is 0 Å². The van der Waals surface area contributed by atoms with E-state index in [2.05, 4.69) is 0 Å². The number of ketones is 1. The van der Waals surface area contributed by atoms with Crippen molar-refractivity contribution < 1.29 is 23.8 Å². The summed E-state index contributed by atoms with van der Waals surface area (Å²) in [6, 6.07) is 19.5. The van der Waals surface area contributed by atoms with E-state index in [9.17, 15) is 14.0 Å². The monoisotopic (exact) mass is 455 g/mol. The molecule has 0 spiro atoms. The number of rotatable bonds is 10. The summed E-state index contributed by atoms with van der Waals surface area (Å²) >= 11 is 5.90. The SMILES string of the molecule is CN(CCC(Oc1cccc(C(=O)c2ccc(Cl)cc2)c1)c1ccc(F)cc1)CC(=O)O. The van der Waals surface area contributed by atoms with E-state index in [1.54, 1.807) is 72.6 Å². The maximum atomic E-state index is 13.4. The van der Waals surface area contributed by atoms with Gasteiger partial charge in [0.2, 0.25) is 0 Å². The summed E-state index contributed by atoms with van der Waals surface area (Å²) in [5, 5.41) is 9.52. The zero-order valence-corrected chi connectivity index (χ0v) is 18.3. The Bertz CT molecular complexity index is 1070. The zero-order valence-electron chi connectivity index (χ0n) is 17.5. The summed E-state index contributed by atoms with van der Waals surface area (Å²) < 4.78 is 19.6. The molecule has 0 aliphatic heterocycles. The van der Waals surface area contributed by atoms with E-state index >= 15 is 0 Å². The normalized spacial score (nSPS) is 11.9. The Hall–Kier alpha value is -3.22. The van der Waals surface area contributed by atoms with Gasteiger partial charge in [-0.2, -0.15) is 0 Å². The summed E-state index contributed by atoms with van der Waals surface area (Å²) in [6.45, 7) is 0.360. The highest BCUT2D eigenvalue weighted by atomic mass is 35.5. The van der Waals surface area contributed by atoms with E-state index in [4.69, 9.17) is 21.4 Å². The van der Waals surface area contributed by atoms with Crippen LogP contribution in [0.25, 0.3) is 0 Å². The third kappa shape index (κ3) is 6.64. The molecule has 1 atom stereocenters. The fraction of sp³-hybridized carbons (Fsp3) is 0.200. The summed E-state index contributed by atoms with van der Waals surface area (Å²) in [5.74, 6) is -0.946. The second-order valence-electron chi connectivity index (χ2n) is 7.44. The van der Waals surface area contributed by atoms with Gasteiger partial charge in [0.1, 0.15) is 17.7 Å². The molecule has 3 aromatic rings. The van der Waals surface area contributed by atoms with Crippen molar-refractivity contribution >= 4 is 23.4 Å². The second-order valence-corrected chi connectivity index (χ2v) is 7.88. The Morgan fingerprint density at radius 1 is 1.03 bits per heavy atom. The number of carbonyl (C=O) groups excluding carboxylic acids is 1. The number of hydrogen-bond acceptors (Lipinski definition) is 4. The van der Waals surface area contributed by atoms with Crippen molar-refractivity contribution in [1.82, 2.24) is 4.90 Å². The van der Waals surface area contributed by atoms with E-state index in [-0.39, 0.29) is 18.1 Å². The van der Waals surface area contributed by atoms with Gasteiger partial charge >= 0.3 is 5.97 Å². The van der Waals surface area contributed by atoms with Crippen molar-refractivity contribution in [3.8, 4) is 5.75 Å². The zero-order chi connectivity index (χ0) is 23.1. The number of aliphatic carboxylic acids is 1. The van der Waals surface area contributed by atoms with Crippen LogP contribution < -0.4 is 4.74 Å². The van der Waals surface area contributed by atoms with Crippen molar-refractivity contribution in [2.45, 2.75) is 12.5 Å². The summed E-state index contributed by atoms with van der Waals surface area (Å²) in [4.78, 5) is 25.4. The third-order valence-electron chi connectivity index (χ3n) is 4.90. The first-order chi connectivity index (χ1) is 15.3. The Morgan fingerprint density at radius 3 is 2.38 bits per heavy atom. The molecule has 0 fully saturated rings. The van der Waals surface area contributed by atoms with Crippen LogP contribution in [0.3, 0.4) is 0 Å². The van der Waals surface area contributed by atoms with Crippen molar-refractivity contribution in [3.63, 3.8) is 0 Å².